The van der Waals surface area contributed by atoms with E-state index in [0.29, 0.717) is 0 Å². The molecular formula is C8H12O2. The summed E-state index contributed by atoms with van der Waals surface area (Å²) in [7, 11) is 0. The zero-order valence-electron chi connectivity index (χ0n) is 6.13. The minimum Gasteiger partial charge on any atom is -0.481 e. The topological polar surface area (TPSA) is 37.3 Å². The lowest BCUT2D eigenvalue weighted by molar-refractivity contribution is -0.137. The van der Waals surface area contributed by atoms with Gasteiger partial charge in [0.05, 0.1) is 5.92 Å². The van der Waals surface area contributed by atoms with Crippen LogP contribution in [0.1, 0.15) is 26.2 Å². The number of carboxylic acid groups (broad SMARTS) is 1. The number of hydrogen-bond donors (Lipinski definition) is 1. The van der Waals surface area contributed by atoms with Crippen LogP contribution in [-0.4, -0.2) is 11.1 Å². The highest BCUT2D eigenvalue weighted by atomic mass is 16.4. The molecule has 0 aromatic rings. The van der Waals surface area contributed by atoms with Crippen molar-refractivity contribution in [2.75, 3.05) is 0 Å². The third kappa shape index (κ3) is 1.59. The average Bonchev–Trinajstić information content (AvgIpc) is 2.62. The van der Waals surface area contributed by atoms with Gasteiger partial charge in [0.2, 0.25) is 0 Å². The van der Waals surface area contributed by atoms with E-state index in [9.17, 15) is 4.79 Å². The van der Waals surface area contributed by atoms with Crippen LogP contribution in [0, 0.1) is 5.92 Å². The van der Waals surface area contributed by atoms with Crippen molar-refractivity contribution in [3.8, 4) is 0 Å². The third-order valence-electron chi connectivity index (χ3n) is 1.76. The second kappa shape index (κ2) is 2.86. The number of unbranched alkanes of at least 4 members (excludes halogenated alkanes) is 1. The number of hydrogen-bond acceptors (Lipinski definition) is 1. The van der Waals surface area contributed by atoms with Crippen molar-refractivity contribution in [2.45, 2.75) is 26.2 Å². The van der Waals surface area contributed by atoms with E-state index in [1.165, 1.54) is 0 Å². The molecule has 0 amide bonds. The SMILES string of the molecule is CCCCC1=CC1C(=O)O. The van der Waals surface area contributed by atoms with E-state index >= 15 is 0 Å². The summed E-state index contributed by atoms with van der Waals surface area (Å²) in [4.78, 5) is 10.3. The summed E-state index contributed by atoms with van der Waals surface area (Å²) >= 11 is 0. The highest BCUT2D eigenvalue weighted by molar-refractivity contribution is 5.81. The van der Waals surface area contributed by atoms with Gasteiger partial charge in [-0.2, -0.15) is 0 Å². The van der Waals surface area contributed by atoms with Gasteiger partial charge in [-0.15, -0.1) is 0 Å². The lowest BCUT2D eigenvalue weighted by Crippen LogP contribution is -1.99. The molecule has 2 nitrogen and oxygen atoms in total. The Kier molecular flexibility index (Phi) is 2.10. The zero-order valence-corrected chi connectivity index (χ0v) is 6.13. The first-order valence-electron chi connectivity index (χ1n) is 3.69. The molecule has 1 atom stereocenters. The van der Waals surface area contributed by atoms with Crippen LogP contribution >= 0.6 is 0 Å². The van der Waals surface area contributed by atoms with Crippen LogP contribution in [0.5, 0.6) is 0 Å². The molecule has 0 heterocycles. The molecule has 1 aliphatic rings. The van der Waals surface area contributed by atoms with Gasteiger partial charge in [-0.25, -0.2) is 0 Å². The van der Waals surface area contributed by atoms with Gasteiger partial charge < -0.3 is 5.11 Å². The van der Waals surface area contributed by atoms with Crippen molar-refractivity contribution in [3.63, 3.8) is 0 Å². The molecule has 1 rings (SSSR count). The summed E-state index contributed by atoms with van der Waals surface area (Å²) in [5, 5.41) is 8.47. The Hall–Kier alpha value is -0.790. The molecule has 1 aliphatic carbocycles. The normalized spacial score (nSPS) is 22.1. The lowest BCUT2D eigenvalue weighted by atomic mass is 10.2. The van der Waals surface area contributed by atoms with Gasteiger partial charge in [0.1, 0.15) is 0 Å². The van der Waals surface area contributed by atoms with E-state index in [0.717, 1.165) is 24.8 Å². The molecule has 0 aromatic heterocycles. The van der Waals surface area contributed by atoms with E-state index in [1.807, 2.05) is 6.08 Å². The number of carbonyl (C=O) groups is 1. The summed E-state index contributed by atoms with van der Waals surface area (Å²) in [5.41, 5.74) is 1.12. The molecule has 56 valence electrons. The predicted molar refractivity (Wildman–Crippen MR) is 38.7 cm³/mol. The minimum absolute atomic E-state index is 0.202. The Morgan fingerprint density at radius 3 is 2.90 bits per heavy atom. The lowest BCUT2D eigenvalue weighted by Gasteiger charge is -1.92. The first-order chi connectivity index (χ1) is 4.75. The second-order valence-electron chi connectivity index (χ2n) is 2.66. The van der Waals surface area contributed by atoms with Crippen molar-refractivity contribution < 1.29 is 9.90 Å². The monoisotopic (exact) mass is 140 g/mol. The van der Waals surface area contributed by atoms with E-state index in [2.05, 4.69) is 6.92 Å². The van der Waals surface area contributed by atoms with Gasteiger partial charge >= 0.3 is 5.97 Å². The minimum atomic E-state index is -0.689. The Bertz CT molecular complexity index is 170. The smallest absolute Gasteiger partial charge is 0.314 e. The summed E-state index contributed by atoms with van der Waals surface area (Å²) < 4.78 is 0. The molecule has 0 fully saturated rings. The molecule has 1 N–H and O–H groups in total. The highest BCUT2D eigenvalue weighted by Crippen LogP contribution is 2.33. The van der Waals surface area contributed by atoms with Gasteiger partial charge in [-0.3, -0.25) is 4.79 Å². The molecule has 0 aliphatic heterocycles. The second-order valence-corrected chi connectivity index (χ2v) is 2.66. The zero-order chi connectivity index (χ0) is 7.56. The number of rotatable bonds is 4. The third-order valence-corrected chi connectivity index (χ3v) is 1.76. The maximum atomic E-state index is 10.3. The molecule has 0 aromatic carbocycles. The molecular weight excluding hydrogens is 128 g/mol. The first kappa shape index (κ1) is 7.32. The standard InChI is InChI=1S/C8H12O2/c1-2-3-4-6-5-7(6)8(9)10/h5,7H,2-4H2,1H3,(H,9,10). The Balaban J connectivity index is 2.13. The average molecular weight is 140 g/mol. The van der Waals surface area contributed by atoms with E-state index in [-0.39, 0.29) is 5.92 Å². The maximum absolute atomic E-state index is 10.3. The van der Waals surface area contributed by atoms with Crippen molar-refractivity contribution in [2.24, 2.45) is 5.92 Å². The molecule has 0 saturated carbocycles. The summed E-state index contributed by atoms with van der Waals surface area (Å²) in [5.74, 6) is -0.891. The summed E-state index contributed by atoms with van der Waals surface area (Å²) in [6.45, 7) is 2.11. The first-order valence-corrected chi connectivity index (χ1v) is 3.69. The van der Waals surface area contributed by atoms with Crippen LogP contribution in [0.25, 0.3) is 0 Å². The highest BCUT2D eigenvalue weighted by Gasteiger charge is 2.30. The van der Waals surface area contributed by atoms with E-state index in [1.54, 1.807) is 0 Å². The molecule has 10 heavy (non-hydrogen) atoms. The van der Waals surface area contributed by atoms with Crippen molar-refractivity contribution in [1.29, 1.82) is 0 Å². The van der Waals surface area contributed by atoms with Gasteiger partial charge in [-0.05, 0) is 12.8 Å². The van der Waals surface area contributed by atoms with Crippen LogP contribution < -0.4 is 0 Å². The molecule has 0 spiro atoms. The maximum Gasteiger partial charge on any atom is 0.314 e. The molecule has 0 radical (unpaired) electrons. The van der Waals surface area contributed by atoms with Crippen LogP contribution in [0.3, 0.4) is 0 Å². The predicted octanol–water partition coefficient (Wildman–Crippen LogP) is 1.82. The molecule has 0 bridgehead atoms. The van der Waals surface area contributed by atoms with Gasteiger partial charge in [-0.1, -0.05) is 25.0 Å². The summed E-state index contributed by atoms with van der Waals surface area (Å²) in [6, 6.07) is 0. The van der Waals surface area contributed by atoms with E-state index in [4.69, 9.17) is 5.11 Å². The molecule has 0 saturated heterocycles. The Labute approximate surface area is 60.6 Å². The fraction of sp³-hybridized carbons (Fsp3) is 0.625. The van der Waals surface area contributed by atoms with Crippen LogP contribution in [0.2, 0.25) is 0 Å². The molecule has 2 heteroatoms. The Morgan fingerprint density at radius 2 is 2.50 bits per heavy atom. The number of aliphatic carboxylic acids is 1. The summed E-state index contributed by atoms with van der Waals surface area (Å²) in [6.07, 6.45) is 5.07. The van der Waals surface area contributed by atoms with Gasteiger partial charge in [0.25, 0.3) is 0 Å². The fourth-order valence-corrected chi connectivity index (χ4v) is 1.02. The van der Waals surface area contributed by atoms with Gasteiger partial charge in [0, 0.05) is 0 Å². The van der Waals surface area contributed by atoms with Gasteiger partial charge in [0.15, 0.2) is 0 Å². The molecule has 1 unspecified atom stereocenters. The Morgan fingerprint density at radius 1 is 1.80 bits per heavy atom. The van der Waals surface area contributed by atoms with Crippen molar-refractivity contribution >= 4 is 5.97 Å². The van der Waals surface area contributed by atoms with Crippen LogP contribution in [0.15, 0.2) is 11.6 Å². The largest absolute Gasteiger partial charge is 0.481 e. The fourth-order valence-electron chi connectivity index (χ4n) is 1.02. The quantitative estimate of drug-likeness (QED) is 0.605. The van der Waals surface area contributed by atoms with Crippen LogP contribution in [0.4, 0.5) is 0 Å². The van der Waals surface area contributed by atoms with Crippen LogP contribution in [-0.2, 0) is 4.79 Å². The van der Waals surface area contributed by atoms with Crippen molar-refractivity contribution in [3.05, 3.63) is 11.6 Å². The van der Waals surface area contributed by atoms with Crippen molar-refractivity contribution in [1.82, 2.24) is 0 Å². The number of carboxylic acids is 1. The van der Waals surface area contributed by atoms with E-state index < -0.39 is 5.97 Å².